The lowest BCUT2D eigenvalue weighted by Crippen LogP contribution is -2.25. The van der Waals surface area contributed by atoms with Gasteiger partial charge in [0.2, 0.25) is 15.0 Å². The van der Waals surface area contributed by atoms with Gasteiger partial charge in [-0.25, -0.2) is 17.7 Å². The lowest BCUT2D eigenvalue weighted by Gasteiger charge is -2.06. The lowest BCUT2D eigenvalue weighted by atomic mass is 10.2. The number of rotatable bonds is 7. The Balaban J connectivity index is 1.48. The fraction of sp³-hybridized carbons (Fsp3) is 0.200. The van der Waals surface area contributed by atoms with Gasteiger partial charge in [-0.3, -0.25) is 0 Å². The number of hydrogen-bond donors (Lipinski definition) is 1. The zero-order chi connectivity index (χ0) is 20.4. The second kappa shape index (κ2) is 7.94. The zero-order valence-corrected chi connectivity index (χ0v) is 17.6. The van der Waals surface area contributed by atoms with Crippen molar-refractivity contribution in [1.82, 2.24) is 19.3 Å². The number of nitrogens with one attached hydrogen (secondary N) is 1. The number of ether oxygens (including phenoxy) is 1. The standard InChI is InChI=1S/C20H20N4O3S2/c1-14-18(12-13-21-29(25,26)17-6-4-3-5-7-17)28-20-22-19(23-24(14)20)15-8-10-16(27-2)11-9-15/h3-11,21H,12-13H2,1-2H3. The van der Waals surface area contributed by atoms with Crippen LogP contribution in [0, 0.1) is 6.92 Å². The third-order valence-electron chi connectivity index (χ3n) is 4.56. The molecule has 2 aromatic heterocycles. The molecular weight excluding hydrogens is 408 g/mol. The minimum atomic E-state index is -3.50. The molecule has 0 fully saturated rings. The van der Waals surface area contributed by atoms with E-state index in [1.54, 1.807) is 37.4 Å². The van der Waals surface area contributed by atoms with E-state index in [0.717, 1.165) is 26.8 Å². The Bertz CT molecular complexity index is 1230. The molecule has 0 aliphatic rings. The average Bonchev–Trinajstić information content (AvgIpc) is 3.28. The third-order valence-corrected chi connectivity index (χ3v) is 7.23. The molecule has 0 atom stereocenters. The molecule has 2 heterocycles. The van der Waals surface area contributed by atoms with E-state index in [0.29, 0.717) is 18.8 Å². The van der Waals surface area contributed by atoms with Gasteiger partial charge in [0.15, 0.2) is 5.82 Å². The molecule has 2 aromatic carbocycles. The highest BCUT2D eigenvalue weighted by molar-refractivity contribution is 7.89. The minimum absolute atomic E-state index is 0.267. The van der Waals surface area contributed by atoms with E-state index in [4.69, 9.17) is 4.74 Å². The number of benzene rings is 2. The van der Waals surface area contributed by atoms with Crippen LogP contribution >= 0.6 is 11.3 Å². The highest BCUT2D eigenvalue weighted by Crippen LogP contribution is 2.26. The maximum Gasteiger partial charge on any atom is 0.240 e. The van der Waals surface area contributed by atoms with Crippen LogP contribution < -0.4 is 9.46 Å². The smallest absolute Gasteiger partial charge is 0.240 e. The van der Waals surface area contributed by atoms with Crippen LogP contribution in [0.25, 0.3) is 16.3 Å². The van der Waals surface area contributed by atoms with Crippen molar-refractivity contribution in [3.8, 4) is 17.1 Å². The van der Waals surface area contributed by atoms with Crippen molar-refractivity contribution < 1.29 is 13.2 Å². The van der Waals surface area contributed by atoms with Crippen LogP contribution in [-0.2, 0) is 16.4 Å². The maximum absolute atomic E-state index is 12.3. The van der Waals surface area contributed by atoms with Crippen molar-refractivity contribution >= 4 is 26.3 Å². The van der Waals surface area contributed by atoms with E-state index < -0.39 is 10.0 Å². The molecule has 150 valence electrons. The van der Waals surface area contributed by atoms with Gasteiger partial charge >= 0.3 is 0 Å². The highest BCUT2D eigenvalue weighted by Gasteiger charge is 2.16. The van der Waals surface area contributed by atoms with E-state index >= 15 is 0 Å². The van der Waals surface area contributed by atoms with E-state index in [2.05, 4.69) is 14.8 Å². The van der Waals surface area contributed by atoms with E-state index in [9.17, 15) is 8.42 Å². The second-order valence-electron chi connectivity index (χ2n) is 6.43. The van der Waals surface area contributed by atoms with Gasteiger partial charge in [0, 0.05) is 17.0 Å². The Kier molecular flexibility index (Phi) is 5.35. The molecule has 29 heavy (non-hydrogen) atoms. The summed E-state index contributed by atoms with van der Waals surface area (Å²) in [5, 5.41) is 4.60. The van der Waals surface area contributed by atoms with Crippen molar-refractivity contribution in [2.75, 3.05) is 13.7 Å². The number of methoxy groups -OCH3 is 1. The van der Waals surface area contributed by atoms with Crippen LogP contribution in [-0.4, -0.2) is 36.7 Å². The summed E-state index contributed by atoms with van der Waals surface area (Å²) in [5.41, 5.74) is 1.88. The first-order chi connectivity index (χ1) is 14.0. The fourth-order valence-corrected chi connectivity index (χ4v) is 5.07. The number of hydrogen-bond acceptors (Lipinski definition) is 6. The molecule has 7 nitrogen and oxygen atoms in total. The largest absolute Gasteiger partial charge is 0.497 e. The Morgan fingerprint density at radius 1 is 1.10 bits per heavy atom. The Labute approximate surface area is 173 Å². The van der Waals surface area contributed by atoms with Crippen molar-refractivity contribution in [1.29, 1.82) is 0 Å². The number of sulfonamides is 1. The highest BCUT2D eigenvalue weighted by atomic mass is 32.2. The minimum Gasteiger partial charge on any atom is -0.497 e. The average molecular weight is 429 g/mol. The maximum atomic E-state index is 12.3. The van der Waals surface area contributed by atoms with Gasteiger partial charge in [-0.15, -0.1) is 5.10 Å². The SMILES string of the molecule is COc1ccc(-c2nc3sc(CCNS(=O)(=O)c4ccccc4)c(C)n3n2)cc1. The van der Waals surface area contributed by atoms with Gasteiger partial charge in [0.05, 0.1) is 17.7 Å². The fourth-order valence-electron chi connectivity index (χ4n) is 2.96. The predicted octanol–water partition coefficient (Wildman–Crippen LogP) is 3.30. The van der Waals surface area contributed by atoms with Crippen LogP contribution in [0.1, 0.15) is 10.6 Å². The summed E-state index contributed by atoms with van der Waals surface area (Å²) in [7, 11) is -1.87. The number of fused-ring (bicyclic) bond motifs is 1. The van der Waals surface area contributed by atoms with Crippen molar-refractivity contribution in [3.05, 3.63) is 65.2 Å². The third kappa shape index (κ3) is 4.02. The molecule has 4 aromatic rings. The second-order valence-corrected chi connectivity index (χ2v) is 9.26. The predicted molar refractivity (Wildman–Crippen MR) is 113 cm³/mol. The molecular formula is C20H20N4O3S2. The summed E-state index contributed by atoms with van der Waals surface area (Å²) < 4.78 is 34.3. The number of nitrogens with zero attached hydrogens (tertiary/aromatic N) is 3. The van der Waals surface area contributed by atoms with E-state index in [-0.39, 0.29) is 4.90 Å². The molecule has 0 saturated carbocycles. The molecule has 0 radical (unpaired) electrons. The summed E-state index contributed by atoms with van der Waals surface area (Å²) in [4.78, 5) is 6.72. The van der Waals surface area contributed by atoms with Gasteiger partial charge in [0.25, 0.3) is 0 Å². The summed E-state index contributed by atoms with van der Waals surface area (Å²) in [5.74, 6) is 1.43. The Hall–Kier alpha value is -2.75. The van der Waals surface area contributed by atoms with Gasteiger partial charge in [-0.1, -0.05) is 29.5 Å². The molecule has 0 saturated heterocycles. The van der Waals surface area contributed by atoms with Crippen LogP contribution in [0.2, 0.25) is 0 Å². The van der Waals surface area contributed by atoms with E-state index in [1.807, 2.05) is 35.7 Å². The van der Waals surface area contributed by atoms with Crippen molar-refractivity contribution in [3.63, 3.8) is 0 Å². The number of thiazole rings is 1. The Morgan fingerprint density at radius 3 is 2.48 bits per heavy atom. The molecule has 1 N–H and O–H groups in total. The number of aryl methyl sites for hydroxylation is 1. The molecule has 0 unspecified atom stereocenters. The number of aromatic nitrogens is 3. The molecule has 0 aliphatic carbocycles. The first-order valence-electron chi connectivity index (χ1n) is 9.02. The summed E-state index contributed by atoms with van der Waals surface area (Å²) >= 11 is 1.52. The first-order valence-corrected chi connectivity index (χ1v) is 11.3. The van der Waals surface area contributed by atoms with Gasteiger partial charge in [-0.2, -0.15) is 4.98 Å². The van der Waals surface area contributed by atoms with Crippen LogP contribution in [0.3, 0.4) is 0 Å². The van der Waals surface area contributed by atoms with Crippen LogP contribution in [0.5, 0.6) is 5.75 Å². The first kappa shape index (κ1) is 19.6. The quantitative estimate of drug-likeness (QED) is 0.488. The van der Waals surface area contributed by atoms with Crippen LogP contribution in [0.15, 0.2) is 59.5 Å². The molecule has 9 heteroatoms. The summed E-state index contributed by atoms with van der Waals surface area (Å²) in [6, 6.07) is 16.0. The molecule has 0 aliphatic heterocycles. The lowest BCUT2D eigenvalue weighted by molar-refractivity contribution is 0.415. The van der Waals surface area contributed by atoms with E-state index in [1.165, 1.54) is 11.3 Å². The van der Waals surface area contributed by atoms with Gasteiger partial charge in [-0.05, 0) is 49.7 Å². The summed E-state index contributed by atoms with van der Waals surface area (Å²) in [6.45, 7) is 2.28. The Morgan fingerprint density at radius 2 is 1.83 bits per heavy atom. The monoisotopic (exact) mass is 428 g/mol. The topological polar surface area (TPSA) is 85.6 Å². The molecule has 4 rings (SSSR count). The summed E-state index contributed by atoms with van der Waals surface area (Å²) in [6.07, 6.45) is 0.575. The molecule has 0 bridgehead atoms. The molecule has 0 spiro atoms. The normalized spacial score (nSPS) is 11.8. The van der Waals surface area contributed by atoms with Crippen molar-refractivity contribution in [2.24, 2.45) is 0 Å². The zero-order valence-electron chi connectivity index (χ0n) is 16.0. The van der Waals surface area contributed by atoms with Gasteiger partial charge < -0.3 is 4.74 Å². The van der Waals surface area contributed by atoms with Gasteiger partial charge in [0.1, 0.15) is 5.75 Å². The van der Waals surface area contributed by atoms with Crippen LogP contribution in [0.4, 0.5) is 0 Å². The van der Waals surface area contributed by atoms with Crippen molar-refractivity contribution in [2.45, 2.75) is 18.2 Å². The molecule has 0 amide bonds.